The third kappa shape index (κ3) is 4.80. The van der Waals surface area contributed by atoms with Crippen molar-refractivity contribution in [1.82, 2.24) is 9.62 Å². The maximum Gasteiger partial charge on any atom is 0.214 e. The van der Waals surface area contributed by atoms with Gasteiger partial charge in [0.15, 0.2) is 0 Å². The van der Waals surface area contributed by atoms with E-state index in [4.69, 9.17) is 0 Å². The first-order valence-corrected chi connectivity index (χ1v) is 9.29. The van der Waals surface area contributed by atoms with Crippen molar-refractivity contribution in [2.75, 3.05) is 32.4 Å². The molecule has 4 nitrogen and oxygen atoms in total. The minimum atomic E-state index is -3.20. The second-order valence-corrected chi connectivity index (χ2v) is 8.20. The molecule has 1 fully saturated rings. The molecule has 1 aliphatic heterocycles. The molecule has 0 bridgehead atoms. The van der Waals surface area contributed by atoms with Crippen molar-refractivity contribution in [3.63, 3.8) is 0 Å². The van der Waals surface area contributed by atoms with E-state index in [-0.39, 0.29) is 11.7 Å². The van der Waals surface area contributed by atoms with Crippen molar-refractivity contribution < 1.29 is 8.42 Å². The quantitative estimate of drug-likeness (QED) is 0.875. The summed E-state index contributed by atoms with van der Waals surface area (Å²) in [5.41, 5.74) is 1.08. The predicted molar refractivity (Wildman–Crippen MR) is 86.9 cm³/mol. The van der Waals surface area contributed by atoms with E-state index in [2.05, 4.69) is 5.32 Å². The first-order chi connectivity index (χ1) is 9.99. The van der Waals surface area contributed by atoms with Gasteiger partial charge in [0.1, 0.15) is 0 Å². The summed E-state index contributed by atoms with van der Waals surface area (Å²) in [7, 11) is -1.49. The van der Waals surface area contributed by atoms with E-state index in [1.165, 1.54) is 0 Å². The van der Waals surface area contributed by atoms with E-state index in [1.807, 2.05) is 37.3 Å². The van der Waals surface area contributed by atoms with Crippen LogP contribution in [0, 0.1) is 5.92 Å². The molecular formula is C16H26N2O2S. The van der Waals surface area contributed by atoms with Gasteiger partial charge in [-0.3, -0.25) is 0 Å². The third-order valence-electron chi connectivity index (χ3n) is 4.22. The van der Waals surface area contributed by atoms with Crippen LogP contribution in [0.5, 0.6) is 0 Å². The molecule has 0 spiro atoms. The topological polar surface area (TPSA) is 49.4 Å². The number of benzene rings is 1. The average Bonchev–Trinajstić information content (AvgIpc) is 2.48. The maximum atomic E-state index is 12.5. The van der Waals surface area contributed by atoms with Gasteiger partial charge in [0, 0.05) is 13.6 Å². The van der Waals surface area contributed by atoms with Gasteiger partial charge < -0.3 is 5.32 Å². The lowest BCUT2D eigenvalue weighted by Crippen LogP contribution is -2.40. The normalized spacial score (nSPS) is 21.4. The first kappa shape index (κ1) is 16.5. The summed E-state index contributed by atoms with van der Waals surface area (Å²) in [5, 5.41) is 3.34. The summed E-state index contributed by atoms with van der Waals surface area (Å²) in [6, 6.07) is 9.84. The third-order valence-corrected chi connectivity index (χ3v) is 6.24. The minimum absolute atomic E-state index is 0.0168. The fraction of sp³-hybridized carbons (Fsp3) is 0.625. The van der Waals surface area contributed by atoms with Crippen molar-refractivity contribution in [2.45, 2.75) is 25.7 Å². The Hall–Kier alpha value is -0.910. The van der Waals surface area contributed by atoms with Gasteiger partial charge >= 0.3 is 0 Å². The molecule has 1 aromatic rings. The maximum absolute atomic E-state index is 12.5. The Bertz CT molecular complexity index is 524. The SMILES string of the molecule is CC(CS(=O)(=O)N(C)CC1CCCNC1)c1ccccc1. The molecule has 1 N–H and O–H groups in total. The highest BCUT2D eigenvalue weighted by molar-refractivity contribution is 7.89. The van der Waals surface area contributed by atoms with Crippen LogP contribution in [0.15, 0.2) is 30.3 Å². The van der Waals surface area contributed by atoms with Crippen LogP contribution in [0.2, 0.25) is 0 Å². The fourth-order valence-electron chi connectivity index (χ4n) is 2.88. The Morgan fingerprint density at radius 2 is 2.05 bits per heavy atom. The molecule has 5 heteroatoms. The Kier molecular flexibility index (Phi) is 5.79. The molecule has 0 aliphatic carbocycles. The Morgan fingerprint density at radius 1 is 1.33 bits per heavy atom. The number of hydrogen-bond donors (Lipinski definition) is 1. The number of sulfonamides is 1. The smallest absolute Gasteiger partial charge is 0.214 e. The molecule has 0 saturated carbocycles. The highest BCUT2D eigenvalue weighted by Gasteiger charge is 2.25. The molecule has 0 radical (unpaired) electrons. The molecule has 21 heavy (non-hydrogen) atoms. The molecule has 118 valence electrons. The predicted octanol–water partition coefficient (Wildman–Crippen LogP) is 2.05. The zero-order valence-electron chi connectivity index (χ0n) is 13.0. The molecule has 1 saturated heterocycles. The molecule has 1 aliphatic rings. The summed E-state index contributed by atoms with van der Waals surface area (Å²) in [5.74, 6) is 0.627. The highest BCUT2D eigenvalue weighted by Crippen LogP contribution is 2.19. The summed E-state index contributed by atoms with van der Waals surface area (Å²) in [4.78, 5) is 0. The lowest BCUT2D eigenvalue weighted by atomic mass is 10.00. The van der Waals surface area contributed by atoms with Crippen LogP contribution < -0.4 is 5.32 Å². The van der Waals surface area contributed by atoms with E-state index in [1.54, 1.807) is 11.4 Å². The fourth-order valence-corrected chi connectivity index (χ4v) is 4.39. The molecule has 0 aromatic heterocycles. The number of hydrogen-bond acceptors (Lipinski definition) is 3. The van der Waals surface area contributed by atoms with Crippen molar-refractivity contribution in [1.29, 1.82) is 0 Å². The van der Waals surface area contributed by atoms with Crippen LogP contribution in [0.1, 0.15) is 31.2 Å². The van der Waals surface area contributed by atoms with Gasteiger partial charge in [-0.2, -0.15) is 0 Å². The zero-order valence-corrected chi connectivity index (χ0v) is 13.8. The van der Waals surface area contributed by atoms with Crippen LogP contribution in [0.3, 0.4) is 0 Å². The van der Waals surface area contributed by atoms with E-state index < -0.39 is 10.0 Å². The minimum Gasteiger partial charge on any atom is -0.316 e. The van der Waals surface area contributed by atoms with Crippen molar-refractivity contribution in [3.05, 3.63) is 35.9 Å². The molecule has 2 atom stereocenters. The van der Waals surface area contributed by atoms with Crippen molar-refractivity contribution in [2.24, 2.45) is 5.92 Å². The Balaban J connectivity index is 1.93. The summed E-state index contributed by atoms with van der Waals surface area (Å²) in [6.45, 7) is 4.58. The summed E-state index contributed by atoms with van der Waals surface area (Å²) in [6.07, 6.45) is 2.25. The summed E-state index contributed by atoms with van der Waals surface area (Å²) >= 11 is 0. The Morgan fingerprint density at radius 3 is 2.67 bits per heavy atom. The van der Waals surface area contributed by atoms with E-state index in [0.29, 0.717) is 12.5 Å². The van der Waals surface area contributed by atoms with Crippen LogP contribution in [-0.4, -0.2) is 45.2 Å². The van der Waals surface area contributed by atoms with Crippen LogP contribution in [0.25, 0.3) is 0 Å². The van der Waals surface area contributed by atoms with Gasteiger partial charge in [-0.1, -0.05) is 37.3 Å². The molecule has 1 heterocycles. The summed E-state index contributed by atoms with van der Waals surface area (Å²) < 4.78 is 26.5. The monoisotopic (exact) mass is 310 g/mol. The molecule has 0 amide bonds. The van der Waals surface area contributed by atoms with Gasteiger partial charge in [-0.05, 0) is 43.3 Å². The van der Waals surface area contributed by atoms with Crippen molar-refractivity contribution >= 4 is 10.0 Å². The zero-order chi connectivity index (χ0) is 15.3. The molecule has 2 unspecified atom stereocenters. The molecule has 1 aromatic carbocycles. The second-order valence-electron chi connectivity index (χ2n) is 6.08. The number of nitrogens with zero attached hydrogens (tertiary/aromatic N) is 1. The van der Waals surface area contributed by atoms with Crippen LogP contribution in [0.4, 0.5) is 0 Å². The standard InChI is InChI=1S/C16H26N2O2S/c1-14(16-8-4-3-5-9-16)13-21(19,20)18(2)12-15-7-6-10-17-11-15/h3-5,8-9,14-15,17H,6-7,10-13H2,1-2H3. The lowest BCUT2D eigenvalue weighted by Gasteiger charge is -2.28. The van der Waals surface area contributed by atoms with Crippen molar-refractivity contribution in [3.8, 4) is 0 Å². The largest absolute Gasteiger partial charge is 0.316 e. The number of rotatable bonds is 6. The van der Waals surface area contributed by atoms with Gasteiger partial charge in [-0.15, -0.1) is 0 Å². The Labute approximate surface area is 128 Å². The van der Waals surface area contributed by atoms with E-state index in [0.717, 1.165) is 31.5 Å². The molecular weight excluding hydrogens is 284 g/mol. The number of nitrogens with one attached hydrogen (secondary N) is 1. The van der Waals surface area contributed by atoms with Gasteiger partial charge in [0.25, 0.3) is 0 Å². The highest BCUT2D eigenvalue weighted by atomic mass is 32.2. The second kappa shape index (κ2) is 7.38. The average molecular weight is 310 g/mol. The van der Waals surface area contributed by atoms with Crippen LogP contribution in [-0.2, 0) is 10.0 Å². The van der Waals surface area contributed by atoms with Crippen LogP contribution >= 0.6 is 0 Å². The first-order valence-electron chi connectivity index (χ1n) is 7.68. The van der Waals surface area contributed by atoms with Gasteiger partial charge in [-0.25, -0.2) is 12.7 Å². The van der Waals surface area contributed by atoms with E-state index in [9.17, 15) is 8.42 Å². The van der Waals surface area contributed by atoms with Gasteiger partial charge in [0.2, 0.25) is 10.0 Å². The van der Waals surface area contributed by atoms with E-state index >= 15 is 0 Å². The number of piperidine rings is 1. The lowest BCUT2D eigenvalue weighted by molar-refractivity contribution is 0.314. The van der Waals surface area contributed by atoms with Gasteiger partial charge in [0.05, 0.1) is 5.75 Å². The molecule has 2 rings (SSSR count).